The van der Waals surface area contributed by atoms with Crippen LogP contribution in [0.25, 0.3) is 5.57 Å². The van der Waals surface area contributed by atoms with Crippen molar-refractivity contribution in [1.29, 1.82) is 0 Å². The second-order valence-corrected chi connectivity index (χ2v) is 9.34. The fraction of sp³-hybridized carbons (Fsp3) is 0.214. The van der Waals surface area contributed by atoms with Crippen molar-refractivity contribution in [3.63, 3.8) is 0 Å². The molecular weight excluding hydrogens is 428 g/mol. The minimum atomic E-state index is -0.401. The van der Waals surface area contributed by atoms with E-state index in [0.717, 1.165) is 5.56 Å². The quantitative estimate of drug-likeness (QED) is 0.552. The Morgan fingerprint density at radius 2 is 1.47 bits per heavy atom. The molecule has 2 aliphatic rings. The Bertz CT molecular complexity index is 1290. The molecule has 0 spiro atoms. The van der Waals surface area contributed by atoms with E-state index in [9.17, 15) is 9.59 Å². The third-order valence-electron chi connectivity index (χ3n) is 5.95. The zero-order valence-electron chi connectivity index (χ0n) is 19.4. The van der Waals surface area contributed by atoms with Crippen molar-refractivity contribution < 1.29 is 19.1 Å². The molecule has 0 saturated heterocycles. The Morgan fingerprint density at radius 3 is 2.15 bits per heavy atom. The number of imide groups is 1. The van der Waals surface area contributed by atoms with E-state index in [1.165, 1.54) is 4.90 Å². The van der Waals surface area contributed by atoms with Gasteiger partial charge in [0.2, 0.25) is 0 Å². The second-order valence-electron chi connectivity index (χ2n) is 9.34. The minimum Gasteiger partial charge on any atom is -0.486 e. The first-order valence-corrected chi connectivity index (χ1v) is 11.3. The molecule has 0 saturated carbocycles. The molecule has 3 aromatic carbocycles. The number of fused-ring (bicyclic) bond motifs is 1. The topological polar surface area (TPSA) is 67.9 Å². The van der Waals surface area contributed by atoms with Crippen molar-refractivity contribution >= 4 is 28.8 Å². The molecule has 0 aliphatic carbocycles. The Labute approximate surface area is 198 Å². The molecule has 0 bridgehead atoms. The number of anilines is 2. The fourth-order valence-electron chi connectivity index (χ4n) is 4.13. The van der Waals surface area contributed by atoms with Crippen LogP contribution in [0.15, 0.2) is 78.5 Å². The van der Waals surface area contributed by atoms with Crippen molar-refractivity contribution in [1.82, 2.24) is 0 Å². The van der Waals surface area contributed by atoms with Crippen molar-refractivity contribution in [3.05, 3.63) is 89.6 Å². The smallest absolute Gasteiger partial charge is 0.282 e. The van der Waals surface area contributed by atoms with Crippen molar-refractivity contribution in [2.45, 2.75) is 26.2 Å². The summed E-state index contributed by atoms with van der Waals surface area (Å²) in [6.07, 6.45) is 0. The molecular formula is C28H26N2O4. The number of hydrogen-bond donors (Lipinski definition) is 1. The maximum Gasteiger partial charge on any atom is 0.282 e. The van der Waals surface area contributed by atoms with Crippen LogP contribution in [0.4, 0.5) is 11.4 Å². The minimum absolute atomic E-state index is 0.0318. The summed E-state index contributed by atoms with van der Waals surface area (Å²) < 4.78 is 11.3. The van der Waals surface area contributed by atoms with Gasteiger partial charge in [0.15, 0.2) is 11.5 Å². The molecule has 172 valence electrons. The fourth-order valence-corrected chi connectivity index (χ4v) is 4.13. The molecule has 2 aliphatic heterocycles. The lowest BCUT2D eigenvalue weighted by Gasteiger charge is -2.21. The molecule has 34 heavy (non-hydrogen) atoms. The molecule has 6 heteroatoms. The number of rotatable bonds is 4. The molecule has 0 atom stereocenters. The lowest BCUT2D eigenvalue weighted by Crippen LogP contribution is -2.32. The van der Waals surface area contributed by atoms with Crippen LogP contribution in [0.1, 0.15) is 31.9 Å². The van der Waals surface area contributed by atoms with Crippen LogP contribution in [0.2, 0.25) is 0 Å². The van der Waals surface area contributed by atoms with E-state index in [0.29, 0.717) is 47.2 Å². The Kier molecular flexibility index (Phi) is 5.36. The van der Waals surface area contributed by atoms with Gasteiger partial charge in [-0.1, -0.05) is 63.2 Å². The van der Waals surface area contributed by atoms with E-state index in [2.05, 4.69) is 26.1 Å². The molecule has 3 aromatic rings. The SMILES string of the molecule is CC(C)(C)c1ccc(N2C(=O)C(Nc3ccc4c(c3)OCCO4)=C(c3ccccc3)C2=O)cc1. The predicted octanol–water partition coefficient (Wildman–Crippen LogP) is 5.15. The lowest BCUT2D eigenvalue weighted by molar-refractivity contribution is -0.120. The summed E-state index contributed by atoms with van der Waals surface area (Å²) in [6.45, 7) is 7.33. The number of carbonyl (C=O) groups excluding carboxylic acids is 2. The zero-order chi connectivity index (χ0) is 23.9. The summed E-state index contributed by atoms with van der Waals surface area (Å²) >= 11 is 0. The average molecular weight is 455 g/mol. The van der Waals surface area contributed by atoms with Gasteiger partial charge in [-0.05, 0) is 40.8 Å². The van der Waals surface area contributed by atoms with Crippen molar-refractivity contribution in [2.24, 2.45) is 0 Å². The van der Waals surface area contributed by atoms with Crippen LogP contribution >= 0.6 is 0 Å². The van der Waals surface area contributed by atoms with Gasteiger partial charge in [0.05, 0.1) is 11.3 Å². The van der Waals surface area contributed by atoms with Gasteiger partial charge in [-0.2, -0.15) is 0 Å². The summed E-state index contributed by atoms with van der Waals surface area (Å²) in [7, 11) is 0. The highest BCUT2D eigenvalue weighted by atomic mass is 16.6. The second kappa shape index (κ2) is 8.37. The Balaban J connectivity index is 1.54. The molecule has 0 radical (unpaired) electrons. The monoisotopic (exact) mass is 454 g/mol. The molecule has 0 aromatic heterocycles. The highest BCUT2D eigenvalue weighted by Crippen LogP contribution is 2.37. The van der Waals surface area contributed by atoms with E-state index in [1.807, 2.05) is 60.7 Å². The maximum atomic E-state index is 13.6. The van der Waals surface area contributed by atoms with Crippen LogP contribution in [0, 0.1) is 0 Å². The van der Waals surface area contributed by atoms with Crippen molar-refractivity contribution in [3.8, 4) is 11.5 Å². The molecule has 5 rings (SSSR count). The van der Waals surface area contributed by atoms with Crippen LogP contribution in [0.5, 0.6) is 11.5 Å². The summed E-state index contributed by atoms with van der Waals surface area (Å²) in [5.74, 6) is 0.495. The lowest BCUT2D eigenvalue weighted by atomic mass is 9.87. The van der Waals surface area contributed by atoms with E-state index in [-0.39, 0.29) is 17.0 Å². The molecule has 6 nitrogen and oxygen atoms in total. The third kappa shape index (κ3) is 3.92. The first-order chi connectivity index (χ1) is 16.3. The van der Waals surface area contributed by atoms with E-state index < -0.39 is 5.91 Å². The van der Waals surface area contributed by atoms with Gasteiger partial charge in [0.25, 0.3) is 11.8 Å². The third-order valence-corrected chi connectivity index (χ3v) is 5.95. The molecule has 0 unspecified atom stereocenters. The number of nitrogens with one attached hydrogen (secondary N) is 1. The molecule has 2 heterocycles. The van der Waals surface area contributed by atoms with Gasteiger partial charge < -0.3 is 14.8 Å². The standard InChI is InChI=1S/C28H26N2O4/c1-28(2,3)19-9-12-21(13-10-19)30-26(31)24(18-7-5-4-6-8-18)25(27(30)32)29-20-11-14-22-23(17-20)34-16-15-33-22/h4-14,17,29H,15-16H2,1-3H3. The average Bonchev–Trinajstić information content (AvgIpc) is 3.08. The Morgan fingerprint density at radius 1 is 0.794 bits per heavy atom. The predicted molar refractivity (Wildman–Crippen MR) is 132 cm³/mol. The Hall–Kier alpha value is -4.06. The van der Waals surface area contributed by atoms with Gasteiger partial charge in [0.1, 0.15) is 18.9 Å². The van der Waals surface area contributed by atoms with Gasteiger partial charge >= 0.3 is 0 Å². The largest absolute Gasteiger partial charge is 0.486 e. The van der Waals surface area contributed by atoms with E-state index >= 15 is 0 Å². The van der Waals surface area contributed by atoms with Gasteiger partial charge in [-0.15, -0.1) is 0 Å². The normalized spacial score (nSPS) is 15.7. The summed E-state index contributed by atoms with van der Waals surface area (Å²) in [4.78, 5) is 28.4. The van der Waals surface area contributed by atoms with Gasteiger partial charge in [-0.3, -0.25) is 9.59 Å². The summed E-state index contributed by atoms with van der Waals surface area (Å²) in [6, 6.07) is 22.2. The van der Waals surface area contributed by atoms with Crippen LogP contribution < -0.4 is 19.7 Å². The van der Waals surface area contributed by atoms with E-state index in [4.69, 9.17) is 9.47 Å². The molecule has 1 N–H and O–H groups in total. The highest BCUT2D eigenvalue weighted by molar-refractivity contribution is 6.46. The number of benzene rings is 3. The van der Waals surface area contributed by atoms with Crippen LogP contribution in [0.3, 0.4) is 0 Å². The maximum absolute atomic E-state index is 13.6. The van der Waals surface area contributed by atoms with Crippen LogP contribution in [-0.4, -0.2) is 25.0 Å². The summed E-state index contributed by atoms with van der Waals surface area (Å²) in [5, 5.41) is 3.19. The molecule has 0 fully saturated rings. The zero-order valence-corrected chi connectivity index (χ0v) is 19.4. The number of hydrogen-bond acceptors (Lipinski definition) is 5. The summed E-state index contributed by atoms with van der Waals surface area (Å²) in [5.41, 5.74) is 3.51. The first kappa shape index (κ1) is 21.8. The number of carbonyl (C=O) groups is 2. The molecule has 2 amide bonds. The number of amides is 2. The first-order valence-electron chi connectivity index (χ1n) is 11.3. The number of ether oxygens (including phenoxy) is 2. The number of nitrogens with zero attached hydrogens (tertiary/aromatic N) is 1. The van der Waals surface area contributed by atoms with Gasteiger partial charge in [0, 0.05) is 11.8 Å². The van der Waals surface area contributed by atoms with Gasteiger partial charge in [-0.25, -0.2) is 4.90 Å². The highest BCUT2D eigenvalue weighted by Gasteiger charge is 2.40. The van der Waals surface area contributed by atoms with E-state index in [1.54, 1.807) is 12.1 Å². The van der Waals surface area contributed by atoms with Crippen molar-refractivity contribution in [2.75, 3.05) is 23.4 Å². The van der Waals surface area contributed by atoms with Crippen LogP contribution in [-0.2, 0) is 15.0 Å².